The third kappa shape index (κ3) is 3.47. The van der Waals surface area contributed by atoms with E-state index in [1.165, 1.54) is 24.7 Å². The third-order valence-corrected chi connectivity index (χ3v) is 4.35. The van der Waals surface area contributed by atoms with Crippen LogP contribution < -0.4 is 21.5 Å². The van der Waals surface area contributed by atoms with Crippen molar-refractivity contribution in [3.8, 4) is 6.07 Å². The molecule has 1 N–H and O–H groups in total. The van der Waals surface area contributed by atoms with Crippen molar-refractivity contribution in [2.45, 2.75) is 20.4 Å². The molecule has 1 heterocycles. The van der Waals surface area contributed by atoms with E-state index in [4.69, 9.17) is 0 Å². The van der Waals surface area contributed by atoms with Gasteiger partial charge in [-0.05, 0) is 31.5 Å². The highest BCUT2D eigenvalue weighted by molar-refractivity contribution is 5.53. The van der Waals surface area contributed by atoms with Crippen LogP contribution in [0.5, 0.6) is 0 Å². The van der Waals surface area contributed by atoms with Crippen LogP contribution in [0.15, 0.2) is 27.8 Å². The fourth-order valence-electron chi connectivity index (χ4n) is 2.82. The Morgan fingerprint density at radius 2 is 1.85 bits per heavy atom. The summed E-state index contributed by atoms with van der Waals surface area (Å²) >= 11 is 0. The number of aromatic nitrogens is 2. The lowest BCUT2D eigenvalue weighted by Crippen LogP contribution is -2.39. The molecule has 7 nitrogen and oxygen atoms in total. The number of halogens is 1. The summed E-state index contributed by atoms with van der Waals surface area (Å²) < 4.78 is 16.4. The molecule has 138 valence electrons. The van der Waals surface area contributed by atoms with Gasteiger partial charge in [0.2, 0.25) is 0 Å². The van der Waals surface area contributed by atoms with Gasteiger partial charge in [0.05, 0.1) is 5.69 Å². The van der Waals surface area contributed by atoms with Crippen molar-refractivity contribution in [3.63, 3.8) is 0 Å². The molecule has 0 spiro atoms. The molecule has 0 atom stereocenters. The lowest BCUT2D eigenvalue weighted by Gasteiger charge is -2.22. The molecule has 0 saturated heterocycles. The number of nitriles is 1. The molecule has 0 amide bonds. The van der Waals surface area contributed by atoms with Crippen molar-refractivity contribution in [1.82, 2.24) is 9.13 Å². The first kappa shape index (κ1) is 19.2. The molecule has 2 aromatic rings. The molecule has 8 heteroatoms. The van der Waals surface area contributed by atoms with Crippen LogP contribution in [-0.4, -0.2) is 22.2 Å². The van der Waals surface area contributed by atoms with Gasteiger partial charge >= 0.3 is 5.69 Å². The summed E-state index contributed by atoms with van der Waals surface area (Å²) in [5.41, 5.74) is -0.205. The van der Waals surface area contributed by atoms with Crippen molar-refractivity contribution in [2.75, 3.05) is 23.3 Å². The van der Waals surface area contributed by atoms with Crippen LogP contribution in [0, 0.1) is 17.1 Å². The number of nitrogens with one attached hydrogen (secondary N) is 1. The van der Waals surface area contributed by atoms with Crippen molar-refractivity contribution >= 4 is 11.5 Å². The van der Waals surface area contributed by atoms with E-state index in [1.807, 2.05) is 24.8 Å². The Hall–Kier alpha value is -3.08. The maximum Gasteiger partial charge on any atom is 0.332 e. The van der Waals surface area contributed by atoms with E-state index in [-0.39, 0.29) is 23.7 Å². The molecule has 0 unspecified atom stereocenters. The van der Waals surface area contributed by atoms with Crippen LogP contribution in [-0.2, 0) is 20.6 Å². The summed E-state index contributed by atoms with van der Waals surface area (Å²) in [4.78, 5) is 26.0. The fourth-order valence-corrected chi connectivity index (χ4v) is 2.82. The molecule has 0 saturated carbocycles. The lowest BCUT2D eigenvalue weighted by atomic mass is 10.1. The summed E-state index contributed by atoms with van der Waals surface area (Å²) in [6.45, 7) is 5.49. The van der Waals surface area contributed by atoms with Crippen molar-refractivity contribution in [2.24, 2.45) is 14.1 Å². The number of benzene rings is 1. The summed E-state index contributed by atoms with van der Waals surface area (Å²) in [6, 6.07) is 6.71. The molecule has 0 bridgehead atoms. The maximum atomic E-state index is 14.4. The standard InChI is InChI=1S/C18H22FN5O2/c1-5-24(6-2)15-8-7-12(9-14(15)19)11-21-16-13(10-20)17(25)23(4)18(26)22(16)3/h7-9,21H,5-6,11H2,1-4H3. The van der Waals surface area contributed by atoms with E-state index in [2.05, 4.69) is 5.32 Å². The van der Waals surface area contributed by atoms with E-state index < -0.39 is 11.2 Å². The van der Waals surface area contributed by atoms with Crippen LogP contribution >= 0.6 is 0 Å². The Morgan fingerprint density at radius 3 is 2.38 bits per heavy atom. The van der Waals surface area contributed by atoms with Gasteiger partial charge in [0.1, 0.15) is 17.7 Å². The summed E-state index contributed by atoms with van der Waals surface area (Å²) in [5.74, 6) is -0.222. The van der Waals surface area contributed by atoms with Gasteiger partial charge in [0.15, 0.2) is 5.56 Å². The van der Waals surface area contributed by atoms with Gasteiger partial charge in [0.25, 0.3) is 5.56 Å². The zero-order valence-corrected chi connectivity index (χ0v) is 15.3. The lowest BCUT2D eigenvalue weighted by molar-refractivity contribution is 0.618. The number of anilines is 2. The predicted octanol–water partition coefficient (Wildman–Crippen LogP) is 1.55. The largest absolute Gasteiger partial charge is 0.370 e. The minimum Gasteiger partial charge on any atom is -0.370 e. The summed E-state index contributed by atoms with van der Waals surface area (Å²) in [7, 11) is 2.78. The predicted molar refractivity (Wildman–Crippen MR) is 98.9 cm³/mol. The average molecular weight is 359 g/mol. The molecule has 2 rings (SSSR count). The number of nitrogens with zero attached hydrogens (tertiary/aromatic N) is 4. The first-order chi connectivity index (χ1) is 12.3. The molecule has 0 radical (unpaired) electrons. The fraction of sp³-hybridized carbons (Fsp3) is 0.389. The number of hydrogen-bond donors (Lipinski definition) is 1. The molecule has 26 heavy (non-hydrogen) atoms. The molecule has 0 fully saturated rings. The Kier molecular flexibility index (Phi) is 5.82. The minimum absolute atomic E-state index is 0.119. The van der Waals surface area contributed by atoms with Crippen LogP contribution in [0.25, 0.3) is 0 Å². The van der Waals surface area contributed by atoms with Gasteiger partial charge < -0.3 is 10.2 Å². The van der Waals surface area contributed by atoms with Crippen LogP contribution in [0.4, 0.5) is 15.9 Å². The number of rotatable bonds is 6. The highest BCUT2D eigenvalue weighted by Crippen LogP contribution is 2.21. The molecule has 1 aromatic heterocycles. The maximum absolute atomic E-state index is 14.4. The van der Waals surface area contributed by atoms with E-state index in [0.29, 0.717) is 24.3 Å². The SMILES string of the molecule is CCN(CC)c1ccc(CNc2c(C#N)c(=O)n(C)c(=O)n2C)cc1F. The average Bonchev–Trinajstić information content (AvgIpc) is 2.64. The van der Waals surface area contributed by atoms with Gasteiger partial charge in [-0.25, -0.2) is 9.18 Å². The second-order valence-corrected chi connectivity index (χ2v) is 5.85. The Bertz CT molecular complexity index is 967. The highest BCUT2D eigenvalue weighted by atomic mass is 19.1. The zero-order chi connectivity index (χ0) is 19.4. The Labute approximate surface area is 150 Å². The van der Waals surface area contributed by atoms with Crippen LogP contribution in [0.1, 0.15) is 25.0 Å². The minimum atomic E-state index is -0.666. The molecule has 0 aliphatic carbocycles. The topological polar surface area (TPSA) is 83.1 Å². The monoisotopic (exact) mass is 359 g/mol. The first-order valence-electron chi connectivity index (χ1n) is 8.33. The second-order valence-electron chi connectivity index (χ2n) is 5.85. The van der Waals surface area contributed by atoms with Crippen molar-refractivity contribution in [1.29, 1.82) is 5.26 Å². The molecular weight excluding hydrogens is 337 g/mol. The van der Waals surface area contributed by atoms with Crippen molar-refractivity contribution < 1.29 is 4.39 Å². The molecule has 1 aromatic carbocycles. The van der Waals surface area contributed by atoms with Gasteiger partial charge in [-0.3, -0.25) is 13.9 Å². The second kappa shape index (κ2) is 7.87. The van der Waals surface area contributed by atoms with E-state index >= 15 is 0 Å². The van der Waals surface area contributed by atoms with E-state index in [1.54, 1.807) is 12.1 Å². The van der Waals surface area contributed by atoms with Crippen LogP contribution in [0.2, 0.25) is 0 Å². The summed E-state index contributed by atoms with van der Waals surface area (Å²) in [5, 5.41) is 12.2. The molecular formula is C18H22FN5O2. The normalized spacial score (nSPS) is 10.5. The van der Waals surface area contributed by atoms with Gasteiger partial charge in [-0.2, -0.15) is 5.26 Å². The quantitative estimate of drug-likeness (QED) is 0.846. The van der Waals surface area contributed by atoms with Gasteiger partial charge in [-0.15, -0.1) is 0 Å². The molecule has 0 aliphatic rings. The third-order valence-electron chi connectivity index (χ3n) is 4.35. The Balaban J connectivity index is 2.33. The van der Waals surface area contributed by atoms with Crippen LogP contribution in [0.3, 0.4) is 0 Å². The van der Waals surface area contributed by atoms with E-state index in [0.717, 1.165) is 4.57 Å². The smallest absolute Gasteiger partial charge is 0.332 e. The first-order valence-corrected chi connectivity index (χ1v) is 8.33. The van der Waals surface area contributed by atoms with Gasteiger partial charge in [0, 0.05) is 33.7 Å². The zero-order valence-electron chi connectivity index (χ0n) is 15.3. The van der Waals surface area contributed by atoms with E-state index in [9.17, 15) is 19.2 Å². The van der Waals surface area contributed by atoms with Gasteiger partial charge in [-0.1, -0.05) is 6.07 Å². The highest BCUT2D eigenvalue weighted by Gasteiger charge is 2.15. The molecule has 0 aliphatic heterocycles. The number of hydrogen-bond acceptors (Lipinski definition) is 5. The van der Waals surface area contributed by atoms with Crippen molar-refractivity contribution in [3.05, 3.63) is 56.0 Å². The Morgan fingerprint density at radius 1 is 1.19 bits per heavy atom. The summed E-state index contributed by atoms with van der Waals surface area (Å²) in [6.07, 6.45) is 0.